The Bertz CT molecular complexity index is 580. The molecule has 0 bridgehead atoms. The van der Waals surface area contributed by atoms with E-state index in [1.807, 2.05) is 19.1 Å². The number of likely N-dealkylation sites (N-methyl/N-ethyl adjacent to an activating group) is 1. The van der Waals surface area contributed by atoms with Crippen LogP contribution in [0.4, 0.5) is 10.5 Å². The summed E-state index contributed by atoms with van der Waals surface area (Å²) < 4.78 is 5.72. The molecule has 0 radical (unpaired) electrons. The molecule has 1 aliphatic heterocycles. The van der Waals surface area contributed by atoms with E-state index in [4.69, 9.17) is 4.74 Å². The number of anilines is 1. The molecule has 1 atom stereocenters. The lowest BCUT2D eigenvalue weighted by atomic mass is 10.0. The van der Waals surface area contributed by atoms with Gasteiger partial charge in [-0.25, -0.2) is 4.79 Å². The summed E-state index contributed by atoms with van der Waals surface area (Å²) in [5.74, 6) is 0.337. The van der Waals surface area contributed by atoms with Gasteiger partial charge in [0.05, 0.1) is 5.69 Å². The van der Waals surface area contributed by atoms with Crippen LogP contribution in [-0.4, -0.2) is 46.7 Å². The number of para-hydroxylation sites is 2. The molecular formula is C16H22N2O4. The third-order valence-electron chi connectivity index (χ3n) is 3.66. The lowest BCUT2D eigenvalue weighted by Gasteiger charge is -2.38. The minimum atomic E-state index is -1.13. The van der Waals surface area contributed by atoms with Gasteiger partial charge in [0.25, 0.3) is 5.91 Å². The van der Waals surface area contributed by atoms with Gasteiger partial charge in [0.2, 0.25) is 0 Å². The maximum Gasteiger partial charge on any atom is 0.408 e. The molecule has 2 amide bonds. The predicted molar refractivity (Wildman–Crippen MR) is 83.4 cm³/mol. The van der Waals surface area contributed by atoms with Gasteiger partial charge in [-0.1, -0.05) is 12.1 Å². The molecule has 6 heteroatoms. The number of benzene rings is 1. The Labute approximate surface area is 130 Å². The number of nitrogens with zero attached hydrogens (tertiary/aromatic N) is 2. The van der Waals surface area contributed by atoms with E-state index in [-0.39, 0.29) is 12.5 Å². The van der Waals surface area contributed by atoms with Crippen molar-refractivity contribution in [2.45, 2.75) is 39.3 Å². The van der Waals surface area contributed by atoms with Crippen molar-refractivity contribution in [1.29, 1.82) is 0 Å². The first-order valence-electron chi connectivity index (χ1n) is 7.32. The van der Waals surface area contributed by atoms with Crippen LogP contribution >= 0.6 is 0 Å². The van der Waals surface area contributed by atoms with Gasteiger partial charge in [0.15, 0.2) is 0 Å². The van der Waals surface area contributed by atoms with E-state index in [1.54, 1.807) is 37.8 Å². The molecule has 1 aromatic carbocycles. The number of fused-ring (bicyclic) bond motifs is 1. The molecule has 1 heterocycles. The summed E-state index contributed by atoms with van der Waals surface area (Å²) in [6.45, 7) is 7.62. The van der Waals surface area contributed by atoms with Crippen LogP contribution in [0.25, 0.3) is 0 Å². The molecule has 6 nitrogen and oxygen atoms in total. The van der Waals surface area contributed by atoms with E-state index in [0.29, 0.717) is 18.0 Å². The zero-order chi connectivity index (χ0) is 16.5. The summed E-state index contributed by atoms with van der Waals surface area (Å²) in [6, 6.07) is 6.38. The Morgan fingerprint density at radius 2 is 2.05 bits per heavy atom. The zero-order valence-electron chi connectivity index (χ0n) is 13.4. The number of carbonyl (C=O) groups is 2. The van der Waals surface area contributed by atoms with Crippen molar-refractivity contribution in [2.24, 2.45) is 0 Å². The average molecular weight is 306 g/mol. The molecule has 0 spiro atoms. The first kappa shape index (κ1) is 16.1. The third kappa shape index (κ3) is 2.86. The van der Waals surface area contributed by atoms with Gasteiger partial charge in [0, 0.05) is 12.1 Å². The molecule has 1 N–H and O–H groups in total. The Balaban J connectivity index is 2.45. The van der Waals surface area contributed by atoms with Crippen molar-refractivity contribution in [2.75, 3.05) is 18.1 Å². The van der Waals surface area contributed by atoms with E-state index < -0.39 is 17.7 Å². The highest BCUT2D eigenvalue weighted by molar-refractivity contribution is 6.00. The van der Waals surface area contributed by atoms with Gasteiger partial charge in [-0.15, -0.1) is 0 Å². The maximum absolute atomic E-state index is 12.9. The molecule has 0 aliphatic carbocycles. The normalized spacial score (nSPS) is 18.3. The summed E-state index contributed by atoms with van der Waals surface area (Å²) in [4.78, 5) is 27.3. The fourth-order valence-corrected chi connectivity index (χ4v) is 2.74. The van der Waals surface area contributed by atoms with Crippen LogP contribution in [-0.2, 0) is 4.79 Å². The highest BCUT2D eigenvalue weighted by Crippen LogP contribution is 2.33. The molecule has 0 saturated heterocycles. The lowest BCUT2D eigenvalue weighted by molar-refractivity contribution is -0.125. The van der Waals surface area contributed by atoms with Gasteiger partial charge in [-0.2, -0.15) is 0 Å². The van der Waals surface area contributed by atoms with Crippen molar-refractivity contribution in [1.82, 2.24) is 4.90 Å². The van der Waals surface area contributed by atoms with Crippen LogP contribution in [0.1, 0.15) is 27.7 Å². The largest absolute Gasteiger partial charge is 0.489 e. The number of rotatable bonds is 2. The smallest absolute Gasteiger partial charge is 0.408 e. The summed E-state index contributed by atoms with van der Waals surface area (Å²) in [5, 5.41) is 9.55. The van der Waals surface area contributed by atoms with Gasteiger partial charge in [0.1, 0.15) is 18.4 Å². The third-order valence-corrected chi connectivity index (χ3v) is 3.66. The number of carboxylic acid groups (broad SMARTS) is 1. The van der Waals surface area contributed by atoms with Crippen LogP contribution in [0.2, 0.25) is 0 Å². The van der Waals surface area contributed by atoms with Crippen molar-refractivity contribution in [3.63, 3.8) is 0 Å². The quantitative estimate of drug-likeness (QED) is 0.911. The summed E-state index contributed by atoms with van der Waals surface area (Å²) in [5.41, 5.74) is -0.0254. The van der Waals surface area contributed by atoms with Gasteiger partial charge < -0.3 is 14.7 Å². The molecule has 120 valence electrons. The second kappa shape index (κ2) is 5.87. The molecule has 2 rings (SSSR count). The van der Waals surface area contributed by atoms with Gasteiger partial charge >= 0.3 is 6.09 Å². The number of hydrogen-bond acceptors (Lipinski definition) is 3. The van der Waals surface area contributed by atoms with E-state index in [0.717, 1.165) is 0 Å². The molecule has 1 aromatic rings. The lowest BCUT2D eigenvalue weighted by Crippen LogP contribution is -2.59. The minimum Gasteiger partial charge on any atom is -0.489 e. The monoisotopic (exact) mass is 306 g/mol. The van der Waals surface area contributed by atoms with Crippen molar-refractivity contribution >= 4 is 17.7 Å². The van der Waals surface area contributed by atoms with Gasteiger partial charge in [-0.05, 0) is 39.8 Å². The second-order valence-corrected chi connectivity index (χ2v) is 6.20. The Hall–Kier alpha value is -2.24. The van der Waals surface area contributed by atoms with E-state index in [9.17, 15) is 14.7 Å². The van der Waals surface area contributed by atoms with Gasteiger partial charge in [-0.3, -0.25) is 9.69 Å². The standard InChI is InChI=1S/C16H22N2O4/c1-5-17-11-8-6-7-9-13(11)22-10-12(14(17)19)18(15(20)21)16(2,3)4/h6-9,12H,5,10H2,1-4H3,(H,20,21)/t12-/m0/s1. The van der Waals surface area contributed by atoms with Crippen LogP contribution in [0.15, 0.2) is 24.3 Å². The van der Waals surface area contributed by atoms with Crippen LogP contribution < -0.4 is 9.64 Å². The number of amides is 2. The number of carbonyl (C=O) groups excluding carboxylic acids is 1. The van der Waals surface area contributed by atoms with Crippen molar-refractivity contribution < 1.29 is 19.4 Å². The van der Waals surface area contributed by atoms with E-state index in [2.05, 4.69) is 0 Å². The minimum absolute atomic E-state index is 0.00984. The van der Waals surface area contributed by atoms with Crippen molar-refractivity contribution in [3.8, 4) is 5.75 Å². The fourth-order valence-electron chi connectivity index (χ4n) is 2.74. The Kier molecular flexibility index (Phi) is 4.30. The summed E-state index contributed by atoms with van der Waals surface area (Å²) >= 11 is 0. The molecule has 0 aromatic heterocycles. The topological polar surface area (TPSA) is 70.1 Å². The zero-order valence-corrected chi connectivity index (χ0v) is 13.4. The first-order chi connectivity index (χ1) is 10.3. The molecular weight excluding hydrogens is 284 g/mol. The van der Waals surface area contributed by atoms with Crippen molar-refractivity contribution in [3.05, 3.63) is 24.3 Å². The second-order valence-electron chi connectivity index (χ2n) is 6.20. The molecule has 0 saturated carbocycles. The highest BCUT2D eigenvalue weighted by atomic mass is 16.5. The number of ether oxygens (including phenoxy) is 1. The molecule has 0 fully saturated rings. The predicted octanol–water partition coefficient (Wildman–Crippen LogP) is 2.58. The molecule has 1 aliphatic rings. The summed E-state index contributed by atoms with van der Waals surface area (Å²) in [7, 11) is 0. The summed E-state index contributed by atoms with van der Waals surface area (Å²) in [6.07, 6.45) is -1.13. The van der Waals surface area contributed by atoms with Crippen LogP contribution in [0.3, 0.4) is 0 Å². The molecule has 0 unspecified atom stereocenters. The van der Waals surface area contributed by atoms with Crippen LogP contribution in [0, 0.1) is 0 Å². The fraction of sp³-hybridized carbons (Fsp3) is 0.500. The van der Waals surface area contributed by atoms with E-state index >= 15 is 0 Å². The molecule has 22 heavy (non-hydrogen) atoms. The average Bonchev–Trinajstić information content (AvgIpc) is 2.55. The highest BCUT2D eigenvalue weighted by Gasteiger charge is 2.41. The van der Waals surface area contributed by atoms with Crippen LogP contribution in [0.5, 0.6) is 5.75 Å². The van der Waals surface area contributed by atoms with E-state index in [1.165, 1.54) is 4.90 Å². The maximum atomic E-state index is 12.9. The first-order valence-corrected chi connectivity index (χ1v) is 7.32. The Morgan fingerprint density at radius 1 is 1.41 bits per heavy atom. The Morgan fingerprint density at radius 3 is 2.59 bits per heavy atom. The number of hydrogen-bond donors (Lipinski definition) is 1. The SMILES string of the molecule is CCN1C(=O)[C@@H](N(C(=O)O)C(C)(C)C)COc2ccccc21.